The van der Waals surface area contributed by atoms with E-state index in [0.29, 0.717) is 22.5 Å². The predicted octanol–water partition coefficient (Wildman–Crippen LogP) is 1.69. The van der Waals surface area contributed by atoms with Crippen molar-refractivity contribution in [2.24, 2.45) is 11.7 Å². The Balaban J connectivity index is 3.12. The maximum Gasteiger partial charge on any atom is 0.143 e. The van der Waals surface area contributed by atoms with Gasteiger partial charge < -0.3 is 5.73 Å². The van der Waals surface area contributed by atoms with E-state index in [1.165, 1.54) is 0 Å². The quantitative estimate of drug-likeness (QED) is 0.794. The van der Waals surface area contributed by atoms with Crippen LogP contribution in [-0.4, -0.2) is 20.0 Å². The third-order valence-electron chi connectivity index (χ3n) is 2.09. The summed E-state index contributed by atoms with van der Waals surface area (Å²) in [5.41, 5.74) is 7.32. The molecule has 84 valence electrons. The van der Waals surface area contributed by atoms with Crippen molar-refractivity contribution in [1.82, 2.24) is 15.0 Å². The zero-order valence-corrected chi connectivity index (χ0v) is 10.5. The normalized spacial score (nSPS) is 11.3. The first-order valence-electron chi connectivity index (χ1n) is 5.16. The predicted molar refractivity (Wildman–Crippen MR) is 64.8 cm³/mol. The van der Waals surface area contributed by atoms with Gasteiger partial charge in [0.05, 0.1) is 5.69 Å². The molecule has 1 aromatic heterocycles. The lowest BCUT2D eigenvalue weighted by atomic mass is 10.1. The Kier molecular flexibility index (Phi) is 3.79. The van der Waals surface area contributed by atoms with Crippen LogP contribution in [0.4, 0.5) is 0 Å². The molecule has 0 aliphatic rings. The fraction of sp³-hybridized carbons (Fsp3) is 0.700. The van der Waals surface area contributed by atoms with E-state index < -0.39 is 0 Å². The summed E-state index contributed by atoms with van der Waals surface area (Å²) in [5.74, 6) is 0.860. The zero-order chi connectivity index (χ0) is 11.6. The summed E-state index contributed by atoms with van der Waals surface area (Å²) < 4.78 is 1.91. The standard InChI is InChI=1S/C10H18N4S/c1-6(2)5-14-9(7(3)4)8(10(11)15)12-13-14/h6-7H,5H2,1-4H3,(H2,11,15). The Bertz CT molecular complexity index is 354. The van der Waals surface area contributed by atoms with E-state index >= 15 is 0 Å². The van der Waals surface area contributed by atoms with E-state index in [9.17, 15) is 0 Å². The summed E-state index contributed by atoms with van der Waals surface area (Å²) >= 11 is 4.96. The average Bonchev–Trinajstić information content (AvgIpc) is 2.46. The van der Waals surface area contributed by atoms with Gasteiger partial charge in [0.15, 0.2) is 0 Å². The van der Waals surface area contributed by atoms with Crippen molar-refractivity contribution in [1.29, 1.82) is 0 Å². The number of thiocarbonyl (C=S) groups is 1. The van der Waals surface area contributed by atoms with Crippen LogP contribution >= 0.6 is 12.2 Å². The lowest BCUT2D eigenvalue weighted by molar-refractivity contribution is 0.452. The van der Waals surface area contributed by atoms with Crippen molar-refractivity contribution < 1.29 is 0 Å². The summed E-state index contributed by atoms with van der Waals surface area (Å²) in [5, 5.41) is 8.13. The van der Waals surface area contributed by atoms with Crippen LogP contribution in [0.2, 0.25) is 0 Å². The molecule has 0 aliphatic heterocycles. The number of rotatable bonds is 4. The molecule has 0 fully saturated rings. The second-order valence-electron chi connectivity index (χ2n) is 4.42. The molecule has 0 aromatic carbocycles. The second-order valence-corrected chi connectivity index (χ2v) is 4.86. The lowest BCUT2D eigenvalue weighted by Gasteiger charge is -2.12. The first kappa shape index (κ1) is 12.1. The molecule has 0 unspecified atom stereocenters. The SMILES string of the molecule is CC(C)Cn1nnc(C(N)=S)c1C(C)C. The highest BCUT2D eigenvalue weighted by atomic mass is 32.1. The molecule has 1 aromatic rings. The Hall–Kier alpha value is -0.970. The van der Waals surface area contributed by atoms with Crippen molar-refractivity contribution in [3.8, 4) is 0 Å². The fourth-order valence-electron chi connectivity index (χ4n) is 1.55. The summed E-state index contributed by atoms with van der Waals surface area (Å²) in [4.78, 5) is 0.328. The number of aromatic nitrogens is 3. The van der Waals surface area contributed by atoms with Gasteiger partial charge in [-0.2, -0.15) is 0 Å². The minimum absolute atomic E-state index is 0.328. The number of hydrogen-bond acceptors (Lipinski definition) is 3. The number of hydrogen-bond donors (Lipinski definition) is 1. The van der Waals surface area contributed by atoms with Gasteiger partial charge in [0.2, 0.25) is 0 Å². The highest BCUT2D eigenvalue weighted by Crippen LogP contribution is 2.18. The van der Waals surface area contributed by atoms with Gasteiger partial charge in [-0.15, -0.1) is 5.10 Å². The third-order valence-corrected chi connectivity index (χ3v) is 2.29. The van der Waals surface area contributed by atoms with Crippen molar-refractivity contribution in [2.45, 2.75) is 40.2 Å². The molecule has 0 radical (unpaired) electrons. The molecule has 0 spiro atoms. The highest BCUT2D eigenvalue weighted by Gasteiger charge is 2.18. The van der Waals surface area contributed by atoms with Gasteiger partial charge in [-0.05, 0) is 11.8 Å². The molecule has 15 heavy (non-hydrogen) atoms. The van der Waals surface area contributed by atoms with Gasteiger partial charge in [0, 0.05) is 6.54 Å². The molecule has 0 atom stereocenters. The topological polar surface area (TPSA) is 56.7 Å². The molecule has 4 nitrogen and oxygen atoms in total. The van der Waals surface area contributed by atoms with Crippen LogP contribution in [0.25, 0.3) is 0 Å². The lowest BCUT2D eigenvalue weighted by Crippen LogP contribution is -2.16. The van der Waals surface area contributed by atoms with Crippen LogP contribution in [0.15, 0.2) is 0 Å². The van der Waals surface area contributed by atoms with Gasteiger partial charge in [-0.3, -0.25) is 0 Å². The van der Waals surface area contributed by atoms with Gasteiger partial charge in [0.25, 0.3) is 0 Å². The largest absolute Gasteiger partial charge is 0.388 e. The summed E-state index contributed by atoms with van der Waals surface area (Å²) in [6, 6.07) is 0. The first-order chi connectivity index (χ1) is 6.93. The minimum atomic E-state index is 0.328. The summed E-state index contributed by atoms with van der Waals surface area (Å²) in [6.07, 6.45) is 0. The molecule has 0 aliphatic carbocycles. The van der Waals surface area contributed by atoms with Crippen LogP contribution in [-0.2, 0) is 6.54 Å². The third kappa shape index (κ3) is 2.75. The summed E-state index contributed by atoms with van der Waals surface area (Å²) in [7, 11) is 0. The maximum atomic E-state index is 5.61. The van der Waals surface area contributed by atoms with E-state index in [-0.39, 0.29) is 0 Å². The van der Waals surface area contributed by atoms with Crippen LogP contribution < -0.4 is 5.73 Å². The number of nitrogens with two attached hydrogens (primary N) is 1. The van der Waals surface area contributed by atoms with Crippen LogP contribution in [0.3, 0.4) is 0 Å². The smallest absolute Gasteiger partial charge is 0.143 e. The monoisotopic (exact) mass is 226 g/mol. The fourth-order valence-corrected chi connectivity index (χ4v) is 1.69. The van der Waals surface area contributed by atoms with Crippen LogP contribution in [0.5, 0.6) is 0 Å². The molecular formula is C10H18N4S. The Morgan fingerprint density at radius 3 is 2.40 bits per heavy atom. The molecule has 1 rings (SSSR count). The Labute approximate surface area is 95.8 Å². The van der Waals surface area contributed by atoms with E-state index in [4.69, 9.17) is 18.0 Å². The number of nitrogens with zero attached hydrogens (tertiary/aromatic N) is 3. The molecule has 0 bridgehead atoms. The summed E-state index contributed by atoms with van der Waals surface area (Å²) in [6.45, 7) is 9.33. The molecule has 2 N–H and O–H groups in total. The van der Waals surface area contributed by atoms with Gasteiger partial charge in [-0.1, -0.05) is 45.1 Å². The minimum Gasteiger partial charge on any atom is -0.388 e. The zero-order valence-electron chi connectivity index (χ0n) is 9.69. The van der Waals surface area contributed by atoms with Gasteiger partial charge in [0.1, 0.15) is 10.7 Å². The van der Waals surface area contributed by atoms with Gasteiger partial charge in [-0.25, -0.2) is 4.68 Å². The van der Waals surface area contributed by atoms with Crippen molar-refractivity contribution in [2.75, 3.05) is 0 Å². The Morgan fingerprint density at radius 2 is 2.00 bits per heavy atom. The van der Waals surface area contributed by atoms with Crippen molar-refractivity contribution >= 4 is 17.2 Å². The average molecular weight is 226 g/mol. The van der Waals surface area contributed by atoms with E-state index in [1.54, 1.807) is 0 Å². The molecule has 0 saturated heterocycles. The van der Waals surface area contributed by atoms with Gasteiger partial charge >= 0.3 is 0 Å². The second kappa shape index (κ2) is 4.70. The maximum absolute atomic E-state index is 5.61. The highest BCUT2D eigenvalue weighted by molar-refractivity contribution is 7.80. The molecule has 1 heterocycles. The molecule has 5 heteroatoms. The van der Waals surface area contributed by atoms with Crippen molar-refractivity contribution in [3.05, 3.63) is 11.4 Å². The van der Waals surface area contributed by atoms with E-state index in [2.05, 4.69) is 38.0 Å². The van der Waals surface area contributed by atoms with Crippen LogP contribution in [0.1, 0.15) is 45.0 Å². The molecular weight excluding hydrogens is 208 g/mol. The van der Waals surface area contributed by atoms with E-state index in [0.717, 1.165) is 12.2 Å². The van der Waals surface area contributed by atoms with Crippen molar-refractivity contribution in [3.63, 3.8) is 0 Å². The first-order valence-corrected chi connectivity index (χ1v) is 5.57. The molecule has 0 saturated carbocycles. The Morgan fingerprint density at radius 1 is 1.40 bits per heavy atom. The molecule has 0 amide bonds. The van der Waals surface area contributed by atoms with Crippen LogP contribution in [0, 0.1) is 5.92 Å². The van der Waals surface area contributed by atoms with E-state index in [1.807, 2.05) is 4.68 Å².